The second-order valence-corrected chi connectivity index (χ2v) is 5.80. The molecule has 0 fully saturated rings. The smallest absolute Gasteiger partial charge is 0.334 e. The van der Waals surface area contributed by atoms with E-state index in [4.69, 9.17) is 0 Å². The van der Waals surface area contributed by atoms with Gasteiger partial charge in [0, 0.05) is 9.58 Å². The number of fused-ring (bicyclic) bond motifs is 1. The number of thiophene rings is 1. The highest BCUT2D eigenvalue weighted by Crippen LogP contribution is 2.45. The third kappa shape index (κ3) is 1.87. The minimum atomic E-state index is -3.35. The fourth-order valence-corrected chi connectivity index (χ4v) is 2.85. The van der Waals surface area contributed by atoms with Crippen LogP contribution in [0.15, 0.2) is 30.3 Å². The minimum absolute atomic E-state index is 0.246. The molecule has 0 bridgehead atoms. The average Bonchev–Trinajstić information content (AvgIpc) is 2.59. The molecule has 2 rings (SSSR count). The summed E-state index contributed by atoms with van der Waals surface area (Å²) in [5.41, 5.74) is -2.20. The Kier molecular flexibility index (Phi) is 2.80. The summed E-state index contributed by atoms with van der Waals surface area (Å²) in [5, 5.41) is 10.7. The molecule has 1 atom stereocenters. The van der Waals surface area contributed by atoms with E-state index in [1.54, 1.807) is 6.07 Å². The van der Waals surface area contributed by atoms with Gasteiger partial charge in [-0.15, -0.1) is 11.3 Å². The van der Waals surface area contributed by atoms with Crippen LogP contribution >= 0.6 is 27.3 Å². The van der Waals surface area contributed by atoms with Crippen LogP contribution in [0.4, 0.5) is 8.78 Å². The van der Waals surface area contributed by atoms with Crippen molar-refractivity contribution in [1.82, 2.24) is 0 Å². The number of hydrogen-bond acceptors (Lipinski definition) is 2. The van der Waals surface area contributed by atoms with Gasteiger partial charge in [-0.05, 0) is 40.4 Å². The number of alkyl halides is 3. The molecule has 1 nitrogen and oxygen atoms in total. The van der Waals surface area contributed by atoms with E-state index in [1.165, 1.54) is 11.3 Å². The number of halogens is 3. The lowest BCUT2D eigenvalue weighted by Gasteiger charge is -2.26. The summed E-state index contributed by atoms with van der Waals surface area (Å²) in [7, 11) is 0. The minimum Gasteiger partial charge on any atom is -0.377 e. The zero-order valence-corrected chi connectivity index (χ0v) is 10.8. The molecule has 0 saturated heterocycles. The quantitative estimate of drug-likeness (QED) is 0.828. The topological polar surface area (TPSA) is 20.2 Å². The zero-order valence-electron chi connectivity index (χ0n) is 8.38. The van der Waals surface area contributed by atoms with Crippen molar-refractivity contribution in [2.45, 2.75) is 17.4 Å². The lowest BCUT2D eigenvalue weighted by Crippen LogP contribution is -2.36. The Labute approximate surface area is 104 Å². The monoisotopic (exact) mass is 306 g/mol. The van der Waals surface area contributed by atoms with Crippen LogP contribution in [0.2, 0.25) is 0 Å². The molecule has 0 aliphatic heterocycles. The van der Waals surface area contributed by atoms with Crippen LogP contribution < -0.4 is 0 Å². The zero-order chi connectivity index (χ0) is 12.0. The second kappa shape index (κ2) is 3.75. The first-order chi connectivity index (χ1) is 7.32. The Bertz CT molecular complexity index is 483. The molecule has 1 unspecified atom stereocenters. The molecule has 0 aliphatic rings. The van der Waals surface area contributed by atoms with Gasteiger partial charge in [0.15, 0.2) is 5.60 Å². The number of hydrogen-bond donors (Lipinski definition) is 1. The number of rotatable bonds is 2. The maximum Gasteiger partial charge on any atom is 0.334 e. The van der Waals surface area contributed by atoms with Crippen LogP contribution in [0, 0.1) is 0 Å². The van der Waals surface area contributed by atoms with E-state index < -0.39 is 10.4 Å². The van der Waals surface area contributed by atoms with Gasteiger partial charge in [0.2, 0.25) is 0 Å². The summed E-state index contributed by atoms with van der Waals surface area (Å²) in [6.07, 6.45) is 0. The molecule has 1 heterocycles. The van der Waals surface area contributed by atoms with Gasteiger partial charge in [0.1, 0.15) is 0 Å². The van der Waals surface area contributed by atoms with Crippen LogP contribution in [0.1, 0.15) is 11.8 Å². The first kappa shape index (κ1) is 12.0. The summed E-state index contributed by atoms with van der Waals surface area (Å²) in [5.74, 6) is 0. The van der Waals surface area contributed by atoms with Crippen molar-refractivity contribution in [3.63, 3.8) is 0 Å². The van der Waals surface area contributed by atoms with Crippen molar-refractivity contribution >= 4 is 37.4 Å². The lowest BCUT2D eigenvalue weighted by atomic mass is 10.1. The summed E-state index contributed by atoms with van der Waals surface area (Å²) in [6, 6.07) is 8.93. The standard InChI is InChI=1S/C11H9BrF2OS/c1-10(15,11(12,13)14)9-6-7-4-2-3-5-8(7)16-9/h2-6,15H,1H3. The molecule has 0 spiro atoms. The highest BCUT2D eigenvalue weighted by atomic mass is 79.9. The molecule has 1 aromatic heterocycles. The normalized spacial score (nSPS) is 16.3. The van der Waals surface area contributed by atoms with Crippen molar-refractivity contribution in [2.24, 2.45) is 0 Å². The van der Waals surface area contributed by atoms with E-state index in [0.29, 0.717) is 0 Å². The molecule has 16 heavy (non-hydrogen) atoms. The Morgan fingerprint density at radius 2 is 1.94 bits per heavy atom. The van der Waals surface area contributed by atoms with Crippen molar-refractivity contribution in [3.05, 3.63) is 35.2 Å². The van der Waals surface area contributed by atoms with Crippen molar-refractivity contribution in [3.8, 4) is 0 Å². The van der Waals surface area contributed by atoms with Gasteiger partial charge in [-0.3, -0.25) is 0 Å². The first-order valence-corrected chi connectivity index (χ1v) is 6.21. The summed E-state index contributed by atoms with van der Waals surface area (Å²) in [4.78, 5) is -3.10. The Morgan fingerprint density at radius 3 is 2.50 bits per heavy atom. The molecule has 0 aliphatic carbocycles. The van der Waals surface area contributed by atoms with E-state index in [2.05, 4.69) is 15.9 Å². The second-order valence-electron chi connectivity index (χ2n) is 3.72. The van der Waals surface area contributed by atoms with Gasteiger partial charge in [0.05, 0.1) is 0 Å². The maximum atomic E-state index is 13.2. The van der Waals surface area contributed by atoms with E-state index >= 15 is 0 Å². The van der Waals surface area contributed by atoms with Gasteiger partial charge < -0.3 is 5.11 Å². The van der Waals surface area contributed by atoms with Crippen LogP contribution in [0.25, 0.3) is 10.1 Å². The predicted molar refractivity (Wildman–Crippen MR) is 65.3 cm³/mol. The van der Waals surface area contributed by atoms with Gasteiger partial charge in [0.25, 0.3) is 0 Å². The van der Waals surface area contributed by atoms with Crippen LogP contribution in [-0.4, -0.2) is 9.94 Å². The van der Waals surface area contributed by atoms with Crippen molar-refractivity contribution in [2.75, 3.05) is 0 Å². The third-order valence-electron chi connectivity index (χ3n) is 2.46. The summed E-state index contributed by atoms with van der Waals surface area (Å²) < 4.78 is 27.3. The molecular formula is C11H9BrF2OS. The van der Waals surface area contributed by atoms with E-state index in [9.17, 15) is 13.9 Å². The van der Waals surface area contributed by atoms with E-state index in [0.717, 1.165) is 17.0 Å². The Hall–Kier alpha value is -0.520. The highest BCUT2D eigenvalue weighted by Gasteiger charge is 2.49. The molecule has 86 valence electrons. The highest BCUT2D eigenvalue weighted by molar-refractivity contribution is 9.10. The Balaban J connectivity index is 2.56. The van der Waals surface area contributed by atoms with E-state index in [-0.39, 0.29) is 4.88 Å². The molecule has 1 aromatic carbocycles. The number of aliphatic hydroxyl groups is 1. The van der Waals surface area contributed by atoms with Crippen molar-refractivity contribution < 1.29 is 13.9 Å². The summed E-state index contributed by atoms with van der Waals surface area (Å²) >= 11 is 3.39. The van der Waals surface area contributed by atoms with Gasteiger partial charge >= 0.3 is 4.83 Å². The molecular weight excluding hydrogens is 298 g/mol. The van der Waals surface area contributed by atoms with Crippen LogP contribution in [0.3, 0.4) is 0 Å². The third-order valence-corrected chi connectivity index (χ3v) is 4.56. The first-order valence-electron chi connectivity index (χ1n) is 4.60. The number of benzene rings is 1. The summed E-state index contributed by atoms with van der Waals surface area (Å²) in [6.45, 7) is 1.10. The molecule has 2 aromatic rings. The molecule has 0 amide bonds. The van der Waals surface area contributed by atoms with Gasteiger partial charge in [-0.1, -0.05) is 18.2 Å². The van der Waals surface area contributed by atoms with Crippen molar-refractivity contribution in [1.29, 1.82) is 0 Å². The molecule has 5 heteroatoms. The maximum absolute atomic E-state index is 13.2. The van der Waals surface area contributed by atoms with Gasteiger partial charge in [-0.25, -0.2) is 0 Å². The fourth-order valence-electron chi connectivity index (χ4n) is 1.36. The van der Waals surface area contributed by atoms with E-state index in [1.807, 2.05) is 24.3 Å². The molecule has 0 radical (unpaired) electrons. The fraction of sp³-hybridized carbons (Fsp3) is 0.273. The molecule has 1 N–H and O–H groups in total. The predicted octanol–water partition coefficient (Wildman–Crippen LogP) is 4.10. The van der Waals surface area contributed by atoms with Crippen LogP contribution in [-0.2, 0) is 5.60 Å². The average molecular weight is 307 g/mol. The van der Waals surface area contributed by atoms with Crippen LogP contribution in [0.5, 0.6) is 0 Å². The molecule has 0 saturated carbocycles. The lowest BCUT2D eigenvalue weighted by molar-refractivity contribution is -0.106. The Morgan fingerprint density at radius 1 is 1.31 bits per heavy atom. The SMILES string of the molecule is CC(O)(c1cc2ccccc2s1)C(F)(F)Br. The van der Waals surface area contributed by atoms with Gasteiger partial charge in [-0.2, -0.15) is 8.78 Å². The largest absolute Gasteiger partial charge is 0.377 e.